The standard InChI is InChI=1S/C42H57ClN6O11S/c1-5-27-24-42(27,47-36(50)33-23-30(58-35-21-20-28(43)25-45-35)26-49(33)40(55)60-41(2,3)4)38(53)48-61(56,57)34-19-13-12-17-31(34)44-22-14-8-6-7-9-18-32(37(51)52)46-39(54)59-29-15-10-11-16-29/h5,12-13,17,19-21,25,27,29-30,32-33,44H,1,6-11,14-16,18,22-24,26H2,2-4H3,(H,46,54)(H,47,50)(H,48,53)(H,51,52)/t27?,30-,32+,33+,42?/m1/s1. The second-order valence-corrected chi connectivity index (χ2v) is 18.8. The number of aromatic nitrogens is 1. The van der Waals surface area contributed by atoms with Gasteiger partial charge in [-0.15, -0.1) is 6.58 Å². The van der Waals surface area contributed by atoms with E-state index in [0.29, 0.717) is 24.4 Å². The van der Waals surface area contributed by atoms with Gasteiger partial charge in [-0.2, -0.15) is 0 Å². The smallest absolute Gasteiger partial charge is 0.411 e. The number of carboxylic acid groups (broad SMARTS) is 1. The van der Waals surface area contributed by atoms with E-state index < -0.39 is 75.2 Å². The van der Waals surface area contributed by atoms with Crippen molar-refractivity contribution in [2.45, 2.75) is 138 Å². The molecule has 1 aliphatic heterocycles. The van der Waals surface area contributed by atoms with E-state index >= 15 is 0 Å². The molecule has 1 saturated heterocycles. The molecule has 0 radical (unpaired) electrons. The van der Waals surface area contributed by atoms with Crippen LogP contribution >= 0.6 is 11.6 Å². The zero-order chi connectivity index (χ0) is 44.4. The van der Waals surface area contributed by atoms with Crippen molar-refractivity contribution in [3.8, 4) is 5.88 Å². The van der Waals surface area contributed by atoms with Crippen LogP contribution in [0.3, 0.4) is 0 Å². The molecule has 2 saturated carbocycles. The summed E-state index contributed by atoms with van der Waals surface area (Å²) in [6.45, 7) is 9.24. The number of unbranched alkanes of at least 4 members (excludes halogenated alkanes) is 4. The lowest BCUT2D eigenvalue weighted by atomic mass is 10.1. The maximum absolute atomic E-state index is 14.0. The van der Waals surface area contributed by atoms with Crippen molar-refractivity contribution in [3.63, 3.8) is 0 Å². The van der Waals surface area contributed by atoms with Gasteiger partial charge in [-0.3, -0.25) is 14.5 Å². The third-order valence-corrected chi connectivity index (χ3v) is 12.4. The molecule has 4 amide bonds. The van der Waals surface area contributed by atoms with Crippen molar-refractivity contribution in [1.29, 1.82) is 0 Å². The van der Waals surface area contributed by atoms with Crippen LogP contribution in [0.5, 0.6) is 5.88 Å². The average molecular weight is 889 g/mol. The zero-order valence-electron chi connectivity index (χ0n) is 34.8. The summed E-state index contributed by atoms with van der Waals surface area (Å²) in [5, 5.41) is 18.3. The Hall–Kier alpha value is -5.10. The molecule has 3 aliphatic rings. The van der Waals surface area contributed by atoms with E-state index in [-0.39, 0.29) is 48.4 Å². The minimum Gasteiger partial charge on any atom is -0.480 e. The van der Waals surface area contributed by atoms with E-state index in [4.69, 9.17) is 25.8 Å². The van der Waals surface area contributed by atoms with E-state index in [2.05, 4.69) is 32.2 Å². The van der Waals surface area contributed by atoms with Crippen molar-refractivity contribution in [1.82, 2.24) is 25.2 Å². The topological polar surface area (TPSA) is 232 Å². The van der Waals surface area contributed by atoms with Crippen LogP contribution in [0.1, 0.15) is 97.8 Å². The molecule has 2 aromatic rings. The average Bonchev–Trinajstić information content (AvgIpc) is 3.45. The largest absolute Gasteiger partial charge is 0.480 e. The first kappa shape index (κ1) is 47.0. The number of halogens is 1. The van der Waals surface area contributed by atoms with Gasteiger partial charge in [-0.25, -0.2) is 32.5 Å². The number of nitrogens with one attached hydrogen (secondary N) is 4. The number of hydrogen-bond donors (Lipinski definition) is 5. The van der Waals surface area contributed by atoms with E-state index in [1.165, 1.54) is 29.3 Å². The van der Waals surface area contributed by atoms with Crippen LogP contribution in [0.15, 0.2) is 60.1 Å². The van der Waals surface area contributed by atoms with Gasteiger partial charge in [0.2, 0.25) is 11.8 Å². The summed E-state index contributed by atoms with van der Waals surface area (Å²) in [5.74, 6) is -3.12. The first-order chi connectivity index (χ1) is 28.9. The summed E-state index contributed by atoms with van der Waals surface area (Å²) in [6.07, 6.45) is 8.09. The molecule has 1 aromatic carbocycles. The molecular formula is C42H57ClN6O11S. The van der Waals surface area contributed by atoms with Crippen LogP contribution in [-0.4, -0.2) is 102 Å². The molecule has 1 aromatic heterocycles. The van der Waals surface area contributed by atoms with E-state index in [1.807, 2.05) is 0 Å². The number of ether oxygens (including phenoxy) is 3. The fourth-order valence-corrected chi connectivity index (χ4v) is 8.86. The summed E-state index contributed by atoms with van der Waals surface area (Å²) in [5.41, 5.74) is -2.25. The predicted molar refractivity (Wildman–Crippen MR) is 225 cm³/mol. The van der Waals surface area contributed by atoms with Crippen molar-refractivity contribution >= 4 is 57.3 Å². The Morgan fingerprint density at radius 3 is 2.39 bits per heavy atom. The molecule has 5 N–H and O–H groups in total. The molecule has 0 bridgehead atoms. The predicted octanol–water partition coefficient (Wildman–Crippen LogP) is 5.93. The monoisotopic (exact) mass is 888 g/mol. The van der Waals surface area contributed by atoms with Crippen LogP contribution in [0.25, 0.3) is 0 Å². The highest BCUT2D eigenvalue weighted by Crippen LogP contribution is 2.45. The van der Waals surface area contributed by atoms with Crippen molar-refractivity contribution in [3.05, 3.63) is 60.3 Å². The van der Waals surface area contributed by atoms with Gasteiger partial charge in [-0.05, 0) is 83.9 Å². The fourth-order valence-electron chi connectivity index (χ4n) is 7.53. The summed E-state index contributed by atoms with van der Waals surface area (Å²) in [4.78, 5) is 70.2. The van der Waals surface area contributed by atoms with Crippen LogP contribution in [0.4, 0.5) is 15.3 Å². The Labute approximate surface area is 361 Å². The number of carbonyl (C=O) groups is 5. The molecule has 19 heteroatoms. The van der Waals surface area contributed by atoms with Crippen molar-refractivity contribution in [2.75, 3.05) is 18.4 Å². The summed E-state index contributed by atoms with van der Waals surface area (Å²) in [6, 6.07) is 7.13. The van der Waals surface area contributed by atoms with Crippen LogP contribution in [0, 0.1) is 5.92 Å². The molecule has 2 heterocycles. The molecule has 3 fully saturated rings. The lowest BCUT2D eigenvalue weighted by molar-refractivity contribution is -0.139. The summed E-state index contributed by atoms with van der Waals surface area (Å²) >= 11 is 5.96. The number of pyridine rings is 1. The van der Waals surface area contributed by atoms with E-state index in [1.54, 1.807) is 45.0 Å². The number of nitrogens with zero attached hydrogens (tertiary/aromatic N) is 2. The number of alkyl carbamates (subject to hydrolysis) is 1. The molecule has 5 rings (SSSR count). The summed E-state index contributed by atoms with van der Waals surface area (Å²) in [7, 11) is -4.45. The molecular weight excluding hydrogens is 832 g/mol. The number of para-hydroxylation sites is 1. The Morgan fingerprint density at radius 2 is 1.74 bits per heavy atom. The first-order valence-corrected chi connectivity index (χ1v) is 22.6. The molecule has 2 unspecified atom stereocenters. The molecule has 61 heavy (non-hydrogen) atoms. The Balaban J connectivity index is 1.13. The number of anilines is 1. The number of carboxylic acids is 1. The third kappa shape index (κ3) is 13.2. The lowest BCUT2D eigenvalue weighted by Gasteiger charge is -2.29. The van der Waals surface area contributed by atoms with Gasteiger partial charge in [0.25, 0.3) is 15.9 Å². The van der Waals surface area contributed by atoms with Gasteiger partial charge < -0.3 is 35.3 Å². The Bertz CT molecular complexity index is 2010. The quantitative estimate of drug-likeness (QED) is 0.0768. The minimum absolute atomic E-state index is 0.0237. The first-order valence-electron chi connectivity index (χ1n) is 20.7. The highest BCUT2D eigenvalue weighted by molar-refractivity contribution is 7.90. The highest BCUT2D eigenvalue weighted by Gasteiger charge is 2.61. The van der Waals surface area contributed by atoms with Crippen molar-refractivity contribution < 1.29 is 51.7 Å². The zero-order valence-corrected chi connectivity index (χ0v) is 36.4. The number of hydrogen-bond acceptors (Lipinski definition) is 12. The van der Waals surface area contributed by atoms with Crippen LogP contribution < -0.4 is 25.4 Å². The van der Waals surface area contributed by atoms with Crippen LogP contribution in [-0.2, 0) is 33.9 Å². The maximum atomic E-state index is 14.0. The number of rotatable bonds is 20. The second kappa shape index (κ2) is 20.6. The van der Waals surface area contributed by atoms with Gasteiger partial charge in [0.15, 0.2) is 0 Å². The van der Waals surface area contributed by atoms with Gasteiger partial charge in [0.05, 0.1) is 17.3 Å². The van der Waals surface area contributed by atoms with Gasteiger partial charge >= 0.3 is 18.2 Å². The van der Waals surface area contributed by atoms with Crippen LogP contribution in [0.2, 0.25) is 5.02 Å². The molecule has 17 nitrogen and oxygen atoms in total. The van der Waals surface area contributed by atoms with Gasteiger partial charge in [0, 0.05) is 31.1 Å². The highest BCUT2D eigenvalue weighted by atomic mass is 35.5. The van der Waals surface area contributed by atoms with Gasteiger partial charge in [0.1, 0.15) is 40.3 Å². The normalized spacial score (nSPS) is 21.8. The number of carbonyl (C=O) groups excluding carboxylic acids is 4. The number of sulfonamides is 1. The molecule has 5 atom stereocenters. The lowest BCUT2D eigenvalue weighted by Crippen LogP contribution is -2.56. The Kier molecular flexibility index (Phi) is 15.9. The van der Waals surface area contributed by atoms with Crippen molar-refractivity contribution in [2.24, 2.45) is 5.92 Å². The third-order valence-electron chi connectivity index (χ3n) is 10.8. The van der Waals surface area contributed by atoms with Gasteiger partial charge in [-0.1, -0.05) is 55.5 Å². The molecule has 2 aliphatic carbocycles. The van der Waals surface area contributed by atoms with E-state index in [9.17, 15) is 37.5 Å². The second-order valence-electron chi connectivity index (χ2n) is 16.7. The maximum Gasteiger partial charge on any atom is 0.411 e. The number of likely N-dealkylation sites (tertiary alicyclic amines) is 1. The number of amides is 4. The summed E-state index contributed by atoms with van der Waals surface area (Å²) < 4.78 is 46.6. The van der Waals surface area contributed by atoms with E-state index in [0.717, 1.165) is 44.9 Å². The Morgan fingerprint density at radius 1 is 1.03 bits per heavy atom. The molecule has 334 valence electrons. The fraction of sp³-hybridized carbons (Fsp3) is 0.571. The number of benzene rings is 1. The number of aliphatic carboxylic acids is 1. The molecule has 0 spiro atoms. The SMILES string of the molecule is C=CC1CC1(NC(=O)[C@@H]1C[C@@H](Oc2ccc(Cl)cn2)CN1C(=O)OC(C)(C)C)C(=O)NS(=O)(=O)c1ccccc1NCCCCCCC[C@H](NC(=O)OC1CCCC1)C(=O)O. The minimum atomic E-state index is -4.45.